The van der Waals surface area contributed by atoms with Gasteiger partial charge in [0.05, 0.1) is 29.0 Å². The largest absolute Gasteiger partial charge is 0.462 e. The number of halogens is 2. The van der Waals surface area contributed by atoms with E-state index < -0.39 is 23.8 Å². The Kier molecular flexibility index (Phi) is 9.88. The summed E-state index contributed by atoms with van der Waals surface area (Å²) >= 11 is 12.0. The lowest BCUT2D eigenvalue weighted by atomic mass is 10.0. The highest BCUT2D eigenvalue weighted by Crippen LogP contribution is 2.26. The predicted octanol–water partition coefficient (Wildman–Crippen LogP) is 5.72. The first-order valence-electron chi connectivity index (χ1n) is 11.7. The minimum Gasteiger partial charge on any atom is -0.462 e. The molecule has 0 saturated carbocycles. The second-order valence-corrected chi connectivity index (χ2v) is 9.28. The lowest BCUT2D eigenvalue weighted by Crippen LogP contribution is -2.48. The Morgan fingerprint density at radius 2 is 1.81 bits per heavy atom. The SMILES string of the molecule is CCCOC(=O)c1ccccc1-c1ccc(C=NNC(=O)C(NC(=O)c2ccc(Cl)cc2Cl)C(C)C)o1. The van der Waals surface area contributed by atoms with Crippen molar-refractivity contribution in [1.29, 1.82) is 0 Å². The monoisotopic (exact) mass is 543 g/mol. The molecule has 8 nitrogen and oxygen atoms in total. The molecular weight excluding hydrogens is 517 g/mol. The molecule has 10 heteroatoms. The van der Waals surface area contributed by atoms with E-state index in [1.807, 2.05) is 6.92 Å². The van der Waals surface area contributed by atoms with Crippen LogP contribution in [0, 0.1) is 5.92 Å². The van der Waals surface area contributed by atoms with Crippen molar-refractivity contribution in [3.63, 3.8) is 0 Å². The number of amides is 2. The Balaban J connectivity index is 1.67. The number of hydrogen-bond donors (Lipinski definition) is 2. The second kappa shape index (κ2) is 13.1. The van der Waals surface area contributed by atoms with E-state index in [2.05, 4.69) is 15.8 Å². The molecule has 2 aromatic carbocycles. The van der Waals surface area contributed by atoms with Crippen LogP contribution in [0.4, 0.5) is 0 Å². The Bertz CT molecular complexity index is 1300. The van der Waals surface area contributed by atoms with E-state index in [0.717, 1.165) is 6.42 Å². The molecule has 194 valence electrons. The predicted molar refractivity (Wildman–Crippen MR) is 143 cm³/mol. The topological polar surface area (TPSA) is 110 Å². The lowest BCUT2D eigenvalue weighted by molar-refractivity contribution is -0.123. The van der Waals surface area contributed by atoms with E-state index in [-0.39, 0.29) is 16.5 Å². The molecule has 2 N–H and O–H groups in total. The van der Waals surface area contributed by atoms with Crippen molar-refractivity contribution < 1.29 is 23.5 Å². The van der Waals surface area contributed by atoms with E-state index in [1.165, 1.54) is 18.3 Å². The molecule has 1 heterocycles. The van der Waals surface area contributed by atoms with Crippen molar-refractivity contribution in [2.24, 2.45) is 11.0 Å². The van der Waals surface area contributed by atoms with Crippen molar-refractivity contribution in [3.8, 4) is 11.3 Å². The summed E-state index contributed by atoms with van der Waals surface area (Å²) in [7, 11) is 0. The highest BCUT2D eigenvalue weighted by atomic mass is 35.5. The van der Waals surface area contributed by atoms with Gasteiger partial charge < -0.3 is 14.5 Å². The normalized spacial score (nSPS) is 11.9. The van der Waals surface area contributed by atoms with Gasteiger partial charge in [-0.3, -0.25) is 9.59 Å². The molecule has 0 bridgehead atoms. The van der Waals surface area contributed by atoms with Gasteiger partial charge in [0.25, 0.3) is 11.8 Å². The Labute approximate surface area is 225 Å². The molecule has 0 aliphatic heterocycles. The van der Waals surface area contributed by atoms with Gasteiger partial charge in [0.1, 0.15) is 17.6 Å². The Morgan fingerprint density at radius 3 is 2.51 bits per heavy atom. The van der Waals surface area contributed by atoms with Crippen LogP contribution in [-0.4, -0.2) is 36.6 Å². The highest BCUT2D eigenvalue weighted by molar-refractivity contribution is 6.36. The average Bonchev–Trinajstić information content (AvgIpc) is 3.34. The molecule has 3 aromatic rings. The molecule has 1 aromatic heterocycles. The first-order valence-corrected chi connectivity index (χ1v) is 12.4. The first-order chi connectivity index (χ1) is 17.7. The number of hydrazone groups is 1. The summed E-state index contributed by atoms with van der Waals surface area (Å²) < 4.78 is 11.0. The third-order valence-electron chi connectivity index (χ3n) is 5.25. The number of nitrogens with one attached hydrogen (secondary N) is 2. The Morgan fingerprint density at radius 1 is 1.05 bits per heavy atom. The fourth-order valence-corrected chi connectivity index (χ4v) is 3.87. The average molecular weight is 544 g/mol. The van der Waals surface area contributed by atoms with Crippen LogP contribution in [0.25, 0.3) is 11.3 Å². The van der Waals surface area contributed by atoms with E-state index >= 15 is 0 Å². The van der Waals surface area contributed by atoms with Crippen molar-refractivity contribution in [3.05, 3.63) is 81.5 Å². The molecule has 1 unspecified atom stereocenters. The van der Waals surface area contributed by atoms with Crippen molar-refractivity contribution in [1.82, 2.24) is 10.7 Å². The van der Waals surface area contributed by atoms with Crippen LogP contribution in [0.5, 0.6) is 0 Å². The van der Waals surface area contributed by atoms with Crippen molar-refractivity contribution in [2.75, 3.05) is 6.61 Å². The smallest absolute Gasteiger partial charge is 0.338 e. The maximum absolute atomic E-state index is 12.7. The molecule has 0 fully saturated rings. The molecule has 0 aliphatic rings. The minimum atomic E-state index is -0.871. The fraction of sp³-hybridized carbons (Fsp3) is 0.259. The summed E-state index contributed by atoms with van der Waals surface area (Å²) in [6, 6.07) is 13.9. The number of nitrogens with zero attached hydrogens (tertiary/aromatic N) is 1. The lowest BCUT2D eigenvalue weighted by Gasteiger charge is -2.20. The van der Waals surface area contributed by atoms with Crippen molar-refractivity contribution >= 4 is 47.2 Å². The van der Waals surface area contributed by atoms with E-state index in [9.17, 15) is 14.4 Å². The molecule has 1 atom stereocenters. The summed E-state index contributed by atoms with van der Waals surface area (Å²) in [5.41, 5.74) is 3.59. The molecule has 0 saturated heterocycles. The van der Waals surface area contributed by atoms with E-state index in [1.54, 1.807) is 56.3 Å². The van der Waals surface area contributed by atoms with Crippen molar-refractivity contribution in [2.45, 2.75) is 33.2 Å². The summed E-state index contributed by atoms with van der Waals surface area (Å²) in [6.07, 6.45) is 2.05. The van der Waals surface area contributed by atoms with Crippen LogP contribution >= 0.6 is 23.2 Å². The summed E-state index contributed by atoms with van der Waals surface area (Å²) in [4.78, 5) is 37.8. The van der Waals surface area contributed by atoms with Crippen LogP contribution in [0.2, 0.25) is 10.0 Å². The van der Waals surface area contributed by atoms with Gasteiger partial charge in [-0.15, -0.1) is 0 Å². The number of esters is 1. The molecule has 0 spiro atoms. The van der Waals surface area contributed by atoms with Gasteiger partial charge in [-0.2, -0.15) is 5.10 Å². The van der Waals surface area contributed by atoms with Gasteiger partial charge in [-0.25, -0.2) is 10.2 Å². The number of carbonyl (C=O) groups is 3. The summed E-state index contributed by atoms with van der Waals surface area (Å²) in [6.45, 7) is 5.83. The molecule has 0 radical (unpaired) electrons. The zero-order valence-corrected chi connectivity index (χ0v) is 22.1. The third-order valence-corrected chi connectivity index (χ3v) is 5.80. The van der Waals surface area contributed by atoms with Gasteiger partial charge in [0.15, 0.2) is 0 Å². The van der Waals surface area contributed by atoms with Crippen LogP contribution in [0.15, 0.2) is 64.1 Å². The maximum Gasteiger partial charge on any atom is 0.338 e. The molecule has 3 rings (SSSR count). The van der Waals surface area contributed by atoms with Gasteiger partial charge in [-0.1, -0.05) is 62.2 Å². The van der Waals surface area contributed by atoms with Crippen LogP contribution < -0.4 is 10.7 Å². The quantitative estimate of drug-likeness (QED) is 0.193. The standard InChI is InChI=1S/C27H27Cl2N3O5/c1-4-13-36-27(35)20-8-6-5-7-19(20)23-12-10-18(37-23)15-30-32-26(34)24(16(2)3)31-25(33)21-11-9-17(28)14-22(21)29/h5-12,14-16,24H,4,13H2,1-3H3,(H,31,33)(H,32,34). The zero-order chi connectivity index (χ0) is 26.9. The second-order valence-electron chi connectivity index (χ2n) is 8.44. The molecule has 2 amide bonds. The number of ether oxygens (including phenoxy) is 1. The molecular formula is C27H27Cl2N3O5. The maximum atomic E-state index is 12.7. The zero-order valence-electron chi connectivity index (χ0n) is 20.6. The van der Waals surface area contributed by atoms with E-state index in [4.69, 9.17) is 32.4 Å². The number of furan rings is 1. The first kappa shape index (κ1) is 28.0. The minimum absolute atomic E-state index is 0.180. The van der Waals surface area contributed by atoms with Crippen LogP contribution in [0.1, 0.15) is 53.7 Å². The third kappa shape index (κ3) is 7.44. The van der Waals surface area contributed by atoms with Gasteiger partial charge in [-0.05, 0) is 48.7 Å². The summed E-state index contributed by atoms with van der Waals surface area (Å²) in [5.74, 6) is -0.886. The van der Waals surface area contributed by atoms with E-state index in [0.29, 0.717) is 34.3 Å². The number of rotatable bonds is 10. The number of benzene rings is 2. The van der Waals surface area contributed by atoms with Gasteiger partial charge in [0.2, 0.25) is 0 Å². The fourth-order valence-electron chi connectivity index (χ4n) is 3.37. The Hall–Kier alpha value is -3.62. The number of carbonyl (C=O) groups excluding carboxylic acids is 3. The number of hydrogen-bond acceptors (Lipinski definition) is 6. The van der Waals surface area contributed by atoms with Gasteiger partial charge in [0, 0.05) is 10.6 Å². The van der Waals surface area contributed by atoms with Crippen LogP contribution in [0.3, 0.4) is 0 Å². The van der Waals surface area contributed by atoms with Crippen LogP contribution in [-0.2, 0) is 9.53 Å². The summed E-state index contributed by atoms with van der Waals surface area (Å²) in [5, 5.41) is 7.21. The molecule has 0 aliphatic carbocycles. The molecule has 37 heavy (non-hydrogen) atoms. The van der Waals surface area contributed by atoms with Gasteiger partial charge >= 0.3 is 5.97 Å². The highest BCUT2D eigenvalue weighted by Gasteiger charge is 2.25.